The molecule has 0 spiro atoms. The molecular formula is C19H18BrN3O2Se. The third kappa shape index (κ3) is 4.55. The monoisotopic (exact) mass is 479 g/mol. The fourth-order valence-corrected chi connectivity index (χ4v) is 4.92. The maximum atomic E-state index is 12.5. The summed E-state index contributed by atoms with van der Waals surface area (Å²) in [5.41, 5.74) is 8.46. The molecule has 2 aromatic rings. The standard InChI is InChI=1S/C19H18BrN3O2Se/c1-12-2-4-13(5-3-12)10-17(24)22-19-23(11-16(26-19)18(21)25)15-8-6-14(20)7-9-15/h2-9,11,19H,10H2,1H3,(H2,21,25)(H,22,24). The van der Waals surface area contributed by atoms with Crippen LogP contribution in [0.1, 0.15) is 11.1 Å². The number of halogens is 1. The summed E-state index contributed by atoms with van der Waals surface area (Å²) in [4.78, 5) is 26.0. The Hall–Kier alpha value is -2.08. The molecule has 0 bridgehead atoms. The van der Waals surface area contributed by atoms with E-state index >= 15 is 0 Å². The van der Waals surface area contributed by atoms with E-state index in [2.05, 4.69) is 21.2 Å². The quantitative estimate of drug-likeness (QED) is 0.647. The van der Waals surface area contributed by atoms with Crippen LogP contribution in [0.25, 0.3) is 0 Å². The molecule has 3 N–H and O–H groups in total. The number of amides is 2. The second-order valence-electron chi connectivity index (χ2n) is 5.94. The van der Waals surface area contributed by atoms with Gasteiger partial charge in [-0.25, -0.2) is 0 Å². The summed E-state index contributed by atoms with van der Waals surface area (Å²) in [6.07, 6.45) is 2.04. The van der Waals surface area contributed by atoms with Gasteiger partial charge < -0.3 is 0 Å². The summed E-state index contributed by atoms with van der Waals surface area (Å²) in [5, 5.41) is 2.76. The zero-order valence-electron chi connectivity index (χ0n) is 14.1. The Kier molecular flexibility index (Phi) is 5.81. The minimum absolute atomic E-state index is 0.0815. The summed E-state index contributed by atoms with van der Waals surface area (Å²) in [6, 6.07) is 15.6. The van der Waals surface area contributed by atoms with Crippen LogP contribution in [0, 0.1) is 6.92 Å². The van der Waals surface area contributed by atoms with Crippen molar-refractivity contribution in [2.24, 2.45) is 5.73 Å². The fourth-order valence-electron chi connectivity index (χ4n) is 2.53. The van der Waals surface area contributed by atoms with Gasteiger partial charge in [-0.3, -0.25) is 0 Å². The number of primary amides is 1. The molecule has 3 rings (SSSR count). The topological polar surface area (TPSA) is 75.4 Å². The van der Waals surface area contributed by atoms with Crippen molar-refractivity contribution < 1.29 is 9.59 Å². The Bertz CT molecular complexity index is 850. The van der Waals surface area contributed by atoms with Gasteiger partial charge in [-0.1, -0.05) is 0 Å². The molecule has 134 valence electrons. The minimum atomic E-state index is -0.442. The third-order valence-corrected chi connectivity index (χ3v) is 6.78. The summed E-state index contributed by atoms with van der Waals surface area (Å²) in [5.74, 6) is -0.524. The van der Waals surface area contributed by atoms with E-state index in [1.807, 2.05) is 60.4 Å². The van der Waals surface area contributed by atoms with Crippen LogP contribution in [0.3, 0.4) is 0 Å². The van der Waals surface area contributed by atoms with Crippen LogP contribution in [0.5, 0.6) is 0 Å². The first-order valence-electron chi connectivity index (χ1n) is 7.99. The summed E-state index contributed by atoms with van der Waals surface area (Å²) in [7, 11) is 0. The van der Waals surface area contributed by atoms with E-state index in [1.54, 1.807) is 6.20 Å². The molecule has 0 aromatic heterocycles. The molecule has 5 nitrogen and oxygen atoms in total. The third-order valence-electron chi connectivity index (χ3n) is 3.88. The van der Waals surface area contributed by atoms with E-state index in [0.29, 0.717) is 10.9 Å². The van der Waals surface area contributed by atoms with Crippen LogP contribution in [0.15, 0.2) is 63.7 Å². The summed E-state index contributed by atoms with van der Waals surface area (Å²) < 4.78 is 1.52. The van der Waals surface area contributed by atoms with Crippen LogP contribution in [-0.2, 0) is 16.0 Å². The van der Waals surface area contributed by atoms with Crippen molar-refractivity contribution in [1.82, 2.24) is 5.32 Å². The molecule has 26 heavy (non-hydrogen) atoms. The van der Waals surface area contributed by atoms with Crippen molar-refractivity contribution in [3.63, 3.8) is 0 Å². The van der Waals surface area contributed by atoms with Crippen molar-refractivity contribution >= 4 is 48.4 Å². The van der Waals surface area contributed by atoms with E-state index in [4.69, 9.17) is 5.73 Å². The second kappa shape index (κ2) is 8.08. The van der Waals surface area contributed by atoms with E-state index in [9.17, 15) is 9.59 Å². The molecule has 0 aliphatic carbocycles. The van der Waals surface area contributed by atoms with Crippen LogP contribution in [0.2, 0.25) is 0 Å². The zero-order chi connectivity index (χ0) is 18.7. The molecule has 1 atom stereocenters. The number of carbonyl (C=O) groups is 2. The predicted octanol–water partition coefficient (Wildman–Crippen LogP) is 2.25. The van der Waals surface area contributed by atoms with Gasteiger partial charge >= 0.3 is 167 Å². The number of anilines is 1. The number of rotatable bonds is 5. The number of nitrogens with one attached hydrogen (secondary N) is 1. The molecule has 2 amide bonds. The van der Waals surface area contributed by atoms with E-state index < -0.39 is 5.91 Å². The second-order valence-corrected chi connectivity index (χ2v) is 9.21. The Morgan fingerprint density at radius 3 is 2.42 bits per heavy atom. The van der Waals surface area contributed by atoms with Crippen LogP contribution < -0.4 is 16.0 Å². The molecule has 2 aromatic carbocycles. The molecule has 1 aliphatic rings. The Labute approximate surface area is 166 Å². The first kappa shape index (κ1) is 18.7. The maximum absolute atomic E-state index is 12.5. The van der Waals surface area contributed by atoms with Crippen molar-refractivity contribution in [1.29, 1.82) is 0 Å². The van der Waals surface area contributed by atoms with Gasteiger partial charge in [0, 0.05) is 0 Å². The molecule has 0 saturated heterocycles. The first-order valence-corrected chi connectivity index (χ1v) is 10.6. The molecule has 1 heterocycles. The van der Waals surface area contributed by atoms with Gasteiger partial charge in [0.05, 0.1) is 0 Å². The number of aryl methyl sites for hydroxylation is 1. The number of carbonyl (C=O) groups excluding carboxylic acids is 2. The molecular weight excluding hydrogens is 461 g/mol. The van der Waals surface area contributed by atoms with Crippen molar-refractivity contribution in [2.45, 2.75) is 18.4 Å². The molecule has 7 heteroatoms. The molecule has 0 fully saturated rings. The Morgan fingerprint density at radius 1 is 1.15 bits per heavy atom. The Morgan fingerprint density at radius 2 is 1.81 bits per heavy atom. The number of nitrogens with two attached hydrogens (primary N) is 1. The molecule has 0 saturated carbocycles. The summed E-state index contributed by atoms with van der Waals surface area (Å²) >= 11 is 3.15. The average Bonchev–Trinajstić information content (AvgIpc) is 3.01. The van der Waals surface area contributed by atoms with Crippen LogP contribution >= 0.6 is 15.9 Å². The van der Waals surface area contributed by atoms with E-state index in [1.165, 1.54) is 0 Å². The number of hydrogen-bond acceptors (Lipinski definition) is 3. The molecule has 0 radical (unpaired) electrons. The number of hydrogen-bond donors (Lipinski definition) is 2. The Balaban J connectivity index is 1.74. The van der Waals surface area contributed by atoms with Gasteiger partial charge in [0.25, 0.3) is 0 Å². The first-order chi connectivity index (χ1) is 12.4. The molecule has 1 aliphatic heterocycles. The van der Waals surface area contributed by atoms with Gasteiger partial charge in [-0.2, -0.15) is 0 Å². The van der Waals surface area contributed by atoms with Crippen molar-refractivity contribution in [3.05, 3.63) is 74.8 Å². The fraction of sp³-hybridized carbons (Fsp3) is 0.158. The van der Waals surface area contributed by atoms with Gasteiger partial charge in [0.2, 0.25) is 0 Å². The van der Waals surface area contributed by atoms with Crippen LogP contribution in [0.4, 0.5) is 5.69 Å². The van der Waals surface area contributed by atoms with Crippen molar-refractivity contribution in [3.8, 4) is 0 Å². The van der Waals surface area contributed by atoms with Gasteiger partial charge in [-0.15, -0.1) is 0 Å². The van der Waals surface area contributed by atoms with Gasteiger partial charge in [-0.05, 0) is 0 Å². The molecule has 1 unspecified atom stereocenters. The van der Waals surface area contributed by atoms with E-state index in [-0.39, 0.29) is 25.9 Å². The average molecular weight is 479 g/mol. The summed E-state index contributed by atoms with van der Waals surface area (Å²) in [6.45, 7) is 2.01. The van der Waals surface area contributed by atoms with Crippen molar-refractivity contribution in [2.75, 3.05) is 4.90 Å². The SMILES string of the molecule is Cc1ccc(CC(=O)NC2[Se]C(C(N)=O)=CN2c2ccc(Br)cc2)cc1. The number of benzene rings is 2. The van der Waals surface area contributed by atoms with Gasteiger partial charge in [0.1, 0.15) is 0 Å². The van der Waals surface area contributed by atoms with Gasteiger partial charge in [0.15, 0.2) is 0 Å². The predicted molar refractivity (Wildman–Crippen MR) is 106 cm³/mol. The van der Waals surface area contributed by atoms with E-state index in [0.717, 1.165) is 21.3 Å². The normalized spacial score (nSPS) is 16.3. The van der Waals surface area contributed by atoms with Crippen LogP contribution in [-0.4, -0.2) is 31.8 Å². The zero-order valence-corrected chi connectivity index (χ0v) is 17.4. The number of nitrogens with zero attached hydrogens (tertiary/aromatic N) is 1.